The summed E-state index contributed by atoms with van der Waals surface area (Å²) in [6.45, 7) is 1.11. The van der Waals surface area contributed by atoms with Gasteiger partial charge < -0.3 is 11.1 Å². The van der Waals surface area contributed by atoms with Crippen LogP contribution < -0.4 is 11.1 Å². The molecule has 3 heteroatoms. The van der Waals surface area contributed by atoms with Crippen molar-refractivity contribution in [3.05, 3.63) is 34.9 Å². The average molecular weight is 230 g/mol. The van der Waals surface area contributed by atoms with Gasteiger partial charge in [0.1, 0.15) is 0 Å². The van der Waals surface area contributed by atoms with Gasteiger partial charge in [0.2, 0.25) is 5.91 Å². The smallest absolute Gasteiger partial charge is 0.248 e. The molecule has 1 saturated heterocycles. The highest BCUT2D eigenvalue weighted by molar-refractivity contribution is 5.95. The molecule has 2 atom stereocenters. The lowest BCUT2D eigenvalue weighted by molar-refractivity contribution is 0.0998. The number of hydrogen-bond donors (Lipinski definition) is 2. The van der Waals surface area contributed by atoms with Crippen LogP contribution in [0.15, 0.2) is 18.2 Å². The highest BCUT2D eigenvalue weighted by Gasteiger charge is 2.33. The van der Waals surface area contributed by atoms with Gasteiger partial charge in [0.15, 0.2) is 0 Å². The predicted molar refractivity (Wildman–Crippen MR) is 67.0 cm³/mol. The van der Waals surface area contributed by atoms with Crippen molar-refractivity contribution in [2.75, 3.05) is 6.54 Å². The first-order chi connectivity index (χ1) is 8.27. The van der Waals surface area contributed by atoms with Gasteiger partial charge in [0.05, 0.1) is 0 Å². The fraction of sp³-hybridized carbons (Fsp3) is 0.500. The van der Waals surface area contributed by atoms with Gasteiger partial charge >= 0.3 is 0 Å². The molecule has 1 aliphatic heterocycles. The van der Waals surface area contributed by atoms with Crippen molar-refractivity contribution in [3.63, 3.8) is 0 Å². The molecule has 1 aromatic rings. The van der Waals surface area contributed by atoms with Crippen LogP contribution in [0.1, 0.15) is 46.7 Å². The van der Waals surface area contributed by atoms with Crippen LogP contribution in [0.5, 0.6) is 0 Å². The Labute approximate surface area is 101 Å². The first-order valence-corrected chi connectivity index (χ1v) is 6.42. The van der Waals surface area contributed by atoms with Crippen LogP contribution >= 0.6 is 0 Å². The second-order valence-corrected chi connectivity index (χ2v) is 5.09. The number of nitrogens with two attached hydrogens (primary N) is 1. The van der Waals surface area contributed by atoms with E-state index in [-0.39, 0.29) is 5.91 Å². The van der Waals surface area contributed by atoms with Gasteiger partial charge in [-0.05, 0) is 49.4 Å². The molecule has 3 nitrogen and oxygen atoms in total. The van der Waals surface area contributed by atoms with Crippen LogP contribution in [-0.4, -0.2) is 18.5 Å². The third-order valence-corrected chi connectivity index (χ3v) is 4.14. The maximum Gasteiger partial charge on any atom is 0.248 e. The minimum Gasteiger partial charge on any atom is -0.366 e. The number of piperidine rings is 1. The number of rotatable bonds is 1. The summed E-state index contributed by atoms with van der Waals surface area (Å²) < 4.78 is 0. The molecule has 1 heterocycles. The van der Waals surface area contributed by atoms with Crippen molar-refractivity contribution in [3.8, 4) is 0 Å². The molecule has 1 amide bonds. The Bertz CT molecular complexity index is 456. The molecule has 0 saturated carbocycles. The normalized spacial score (nSPS) is 27.1. The standard InChI is InChI=1S/C14H18N2O/c15-14(17)11-4-1-3-9-6-7-12-10(13(9)11)5-2-8-16-12/h1,3-4,10,12,16H,2,5-8H2,(H2,15,17)/t10-,12+/m1/s1. The van der Waals surface area contributed by atoms with Crippen molar-refractivity contribution < 1.29 is 4.79 Å². The lowest BCUT2D eigenvalue weighted by Crippen LogP contribution is -2.43. The molecule has 0 spiro atoms. The highest BCUT2D eigenvalue weighted by atomic mass is 16.1. The van der Waals surface area contributed by atoms with Crippen LogP contribution in [0.2, 0.25) is 0 Å². The summed E-state index contributed by atoms with van der Waals surface area (Å²) in [6.07, 6.45) is 4.60. The molecular formula is C14H18N2O. The number of hydrogen-bond acceptors (Lipinski definition) is 2. The summed E-state index contributed by atoms with van der Waals surface area (Å²) in [5.41, 5.74) is 8.79. The van der Waals surface area contributed by atoms with Crippen molar-refractivity contribution in [2.45, 2.75) is 37.6 Å². The first-order valence-electron chi connectivity index (χ1n) is 6.42. The van der Waals surface area contributed by atoms with Crippen molar-refractivity contribution in [2.24, 2.45) is 5.73 Å². The number of benzene rings is 1. The van der Waals surface area contributed by atoms with Gasteiger partial charge in [-0.15, -0.1) is 0 Å². The Balaban J connectivity index is 2.09. The SMILES string of the molecule is NC(=O)c1cccc2c1[C@@H]1CCCN[C@H]1CC2. The molecule has 0 unspecified atom stereocenters. The van der Waals surface area contributed by atoms with Gasteiger partial charge in [-0.2, -0.15) is 0 Å². The number of fused-ring (bicyclic) bond motifs is 3. The third kappa shape index (κ3) is 1.75. The Morgan fingerprint density at radius 3 is 3.06 bits per heavy atom. The number of nitrogens with one attached hydrogen (secondary N) is 1. The lowest BCUT2D eigenvalue weighted by Gasteiger charge is -2.38. The van der Waals surface area contributed by atoms with E-state index in [1.807, 2.05) is 12.1 Å². The van der Waals surface area contributed by atoms with E-state index in [9.17, 15) is 4.79 Å². The fourth-order valence-electron chi connectivity index (χ4n) is 3.40. The lowest BCUT2D eigenvalue weighted by atomic mass is 9.73. The molecule has 1 fully saturated rings. The van der Waals surface area contributed by atoms with E-state index in [1.54, 1.807) is 0 Å². The summed E-state index contributed by atoms with van der Waals surface area (Å²) in [5, 5.41) is 3.58. The molecule has 2 aliphatic rings. The summed E-state index contributed by atoms with van der Waals surface area (Å²) in [4.78, 5) is 11.5. The molecule has 0 aromatic heterocycles. The number of amides is 1. The molecule has 0 bridgehead atoms. The molecule has 1 aliphatic carbocycles. The van der Waals surface area contributed by atoms with E-state index in [0.717, 1.165) is 18.5 Å². The van der Waals surface area contributed by atoms with Crippen LogP contribution in [0.25, 0.3) is 0 Å². The van der Waals surface area contributed by atoms with Crippen molar-refractivity contribution in [1.29, 1.82) is 0 Å². The summed E-state index contributed by atoms with van der Waals surface area (Å²) in [5.74, 6) is 0.198. The molecule has 3 N–H and O–H groups in total. The van der Waals surface area contributed by atoms with Crippen LogP contribution in [-0.2, 0) is 6.42 Å². The highest BCUT2D eigenvalue weighted by Crippen LogP contribution is 2.38. The molecule has 17 heavy (non-hydrogen) atoms. The minimum absolute atomic E-state index is 0.284. The van der Waals surface area contributed by atoms with Gasteiger partial charge in [-0.1, -0.05) is 12.1 Å². The zero-order valence-electron chi connectivity index (χ0n) is 9.91. The van der Waals surface area contributed by atoms with Gasteiger partial charge in [-0.3, -0.25) is 4.79 Å². The van der Waals surface area contributed by atoms with Crippen LogP contribution in [0.4, 0.5) is 0 Å². The summed E-state index contributed by atoms with van der Waals surface area (Å²) in [6, 6.07) is 6.51. The minimum atomic E-state index is -0.284. The maximum atomic E-state index is 11.5. The Morgan fingerprint density at radius 2 is 2.24 bits per heavy atom. The Kier molecular flexibility index (Phi) is 2.63. The number of carbonyl (C=O) groups excluding carboxylic acids is 1. The third-order valence-electron chi connectivity index (χ3n) is 4.14. The second-order valence-electron chi connectivity index (χ2n) is 5.09. The predicted octanol–water partition coefficient (Wildman–Crippen LogP) is 1.57. The van der Waals surface area contributed by atoms with Crippen molar-refractivity contribution in [1.82, 2.24) is 5.32 Å². The fourth-order valence-corrected chi connectivity index (χ4v) is 3.40. The van der Waals surface area contributed by atoms with E-state index >= 15 is 0 Å². The number of aryl methyl sites for hydroxylation is 1. The van der Waals surface area contributed by atoms with E-state index < -0.39 is 0 Å². The monoisotopic (exact) mass is 230 g/mol. The van der Waals surface area contributed by atoms with E-state index in [0.29, 0.717) is 12.0 Å². The van der Waals surface area contributed by atoms with Gasteiger partial charge in [-0.25, -0.2) is 0 Å². The Hall–Kier alpha value is -1.35. The van der Waals surface area contributed by atoms with Crippen molar-refractivity contribution >= 4 is 5.91 Å². The number of carbonyl (C=O) groups is 1. The average Bonchev–Trinajstić information content (AvgIpc) is 2.37. The first kappa shape index (κ1) is 10.8. The topological polar surface area (TPSA) is 55.1 Å². The molecule has 3 rings (SSSR count). The summed E-state index contributed by atoms with van der Waals surface area (Å²) >= 11 is 0. The quantitative estimate of drug-likeness (QED) is 0.769. The number of primary amides is 1. The largest absolute Gasteiger partial charge is 0.366 e. The van der Waals surface area contributed by atoms with Crippen LogP contribution in [0, 0.1) is 0 Å². The van der Waals surface area contributed by atoms with Crippen LogP contribution in [0.3, 0.4) is 0 Å². The zero-order chi connectivity index (χ0) is 11.8. The zero-order valence-corrected chi connectivity index (χ0v) is 9.91. The molecule has 90 valence electrons. The Morgan fingerprint density at radius 1 is 1.35 bits per heavy atom. The molecule has 1 aromatic carbocycles. The maximum absolute atomic E-state index is 11.5. The van der Waals surface area contributed by atoms with E-state index in [1.165, 1.54) is 30.4 Å². The molecule has 0 radical (unpaired) electrons. The van der Waals surface area contributed by atoms with Gasteiger partial charge in [0, 0.05) is 17.5 Å². The van der Waals surface area contributed by atoms with E-state index in [4.69, 9.17) is 5.73 Å². The second kappa shape index (κ2) is 4.15. The summed E-state index contributed by atoms with van der Waals surface area (Å²) in [7, 11) is 0. The molecular weight excluding hydrogens is 212 g/mol. The van der Waals surface area contributed by atoms with Gasteiger partial charge in [0.25, 0.3) is 0 Å². The van der Waals surface area contributed by atoms with E-state index in [2.05, 4.69) is 11.4 Å².